The molecule has 0 aromatic carbocycles. The number of nitrogens with zero attached hydrogens (tertiary/aromatic N) is 1. The van der Waals surface area contributed by atoms with E-state index >= 15 is 0 Å². The van der Waals surface area contributed by atoms with Crippen molar-refractivity contribution >= 4 is 11.6 Å². The minimum Gasteiger partial charge on any atom is -0.377 e. The van der Waals surface area contributed by atoms with Crippen molar-refractivity contribution in [3.05, 3.63) is 0 Å². The number of ether oxygens (including phenoxy) is 1. The molecule has 1 aliphatic heterocycles. The van der Waals surface area contributed by atoms with Crippen LogP contribution in [-0.2, 0) is 4.74 Å². The van der Waals surface area contributed by atoms with Crippen molar-refractivity contribution in [1.82, 2.24) is 4.90 Å². The largest absolute Gasteiger partial charge is 0.377 e. The number of alkyl halides is 1. The van der Waals surface area contributed by atoms with Crippen LogP contribution < -0.4 is 0 Å². The Morgan fingerprint density at radius 2 is 1.82 bits per heavy atom. The molecule has 1 saturated heterocycles. The third-order valence-corrected chi connectivity index (χ3v) is 3.70. The third kappa shape index (κ3) is 7.28. The van der Waals surface area contributed by atoms with E-state index in [2.05, 4.69) is 11.8 Å². The van der Waals surface area contributed by atoms with E-state index in [1.165, 1.54) is 64.6 Å². The minimum atomic E-state index is 0.463. The summed E-state index contributed by atoms with van der Waals surface area (Å²) in [5.74, 6) is 0.623. The number of halogens is 1. The minimum absolute atomic E-state index is 0.463. The summed E-state index contributed by atoms with van der Waals surface area (Å²) >= 11 is 5.62. The molecular weight excluding hydrogens is 234 g/mol. The Kier molecular flexibility index (Phi) is 9.13. The lowest BCUT2D eigenvalue weighted by Crippen LogP contribution is -2.37. The van der Waals surface area contributed by atoms with Gasteiger partial charge in [-0.15, -0.1) is 11.6 Å². The molecular formula is C14H28ClNO. The average molecular weight is 262 g/mol. The smallest absolute Gasteiger partial charge is 0.0605 e. The van der Waals surface area contributed by atoms with Crippen LogP contribution in [0.1, 0.15) is 51.9 Å². The molecule has 17 heavy (non-hydrogen) atoms. The molecule has 0 atom stereocenters. The second-order valence-corrected chi connectivity index (χ2v) is 5.39. The molecule has 0 unspecified atom stereocenters. The molecule has 0 spiro atoms. The lowest BCUT2D eigenvalue weighted by molar-refractivity contribution is 0.0149. The van der Waals surface area contributed by atoms with Crippen molar-refractivity contribution in [2.24, 2.45) is 0 Å². The first-order valence-corrected chi connectivity index (χ1v) is 7.80. The van der Waals surface area contributed by atoms with Crippen molar-refractivity contribution in [3.63, 3.8) is 0 Å². The van der Waals surface area contributed by atoms with E-state index in [0.717, 1.165) is 0 Å². The number of unbranched alkanes of at least 4 members (excludes halogenated alkanes) is 4. The fourth-order valence-corrected chi connectivity index (χ4v) is 2.54. The first-order chi connectivity index (χ1) is 8.36. The summed E-state index contributed by atoms with van der Waals surface area (Å²) in [5.41, 5.74) is 0. The first-order valence-electron chi connectivity index (χ1n) is 7.26. The predicted octanol–water partition coefficient (Wildman–Crippen LogP) is 3.68. The summed E-state index contributed by atoms with van der Waals surface area (Å²) in [6.45, 7) is 6.68. The zero-order valence-corrected chi connectivity index (χ0v) is 12.1. The van der Waals surface area contributed by atoms with E-state index in [0.29, 0.717) is 18.6 Å². The summed E-state index contributed by atoms with van der Waals surface area (Å²) in [6, 6.07) is 0. The van der Waals surface area contributed by atoms with Crippen LogP contribution in [0.2, 0.25) is 0 Å². The normalized spacial score (nSPS) is 18.7. The second-order valence-electron chi connectivity index (χ2n) is 5.01. The van der Waals surface area contributed by atoms with E-state index in [1.54, 1.807) is 0 Å². The maximum Gasteiger partial charge on any atom is 0.0605 e. The molecule has 102 valence electrons. The van der Waals surface area contributed by atoms with Gasteiger partial charge in [-0.25, -0.2) is 0 Å². The molecule has 0 amide bonds. The van der Waals surface area contributed by atoms with Crippen molar-refractivity contribution in [2.45, 2.75) is 58.0 Å². The topological polar surface area (TPSA) is 12.5 Å². The Balaban J connectivity index is 1.95. The van der Waals surface area contributed by atoms with Gasteiger partial charge in [-0.3, -0.25) is 0 Å². The molecule has 0 aliphatic carbocycles. The summed E-state index contributed by atoms with van der Waals surface area (Å²) in [6.07, 6.45) is 9.75. The number of hydrogen-bond acceptors (Lipinski definition) is 2. The van der Waals surface area contributed by atoms with E-state index < -0.39 is 0 Å². The monoisotopic (exact) mass is 261 g/mol. The molecule has 1 aliphatic rings. The highest BCUT2D eigenvalue weighted by atomic mass is 35.5. The summed E-state index contributed by atoms with van der Waals surface area (Å²) in [5, 5.41) is 0. The van der Waals surface area contributed by atoms with Gasteiger partial charge in [-0.2, -0.15) is 0 Å². The zero-order chi connectivity index (χ0) is 12.3. The fourth-order valence-electron chi connectivity index (χ4n) is 2.45. The van der Waals surface area contributed by atoms with Crippen LogP contribution in [0.15, 0.2) is 0 Å². The zero-order valence-electron chi connectivity index (χ0n) is 11.3. The van der Waals surface area contributed by atoms with E-state index in [9.17, 15) is 0 Å². The van der Waals surface area contributed by atoms with Crippen LogP contribution in [0.3, 0.4) is 0 Å². The standard InChI is InChI=1S/C14H28ClNO/c1-2-3-4-5-6-10-16-11-7-14(8-12-16)17-13-9-15/h14H,2-13H2,1H3. The molecule has 0 aromatic heterocycles. The highest BCUT2D eigenvalue weighted by Gasteiger charge is 2.18. The Bertz CT molecular complexity index is 167. The van der Waals surface area contributed by atoms with Gasteiger partial charge >= 0.3 is 0 Å². The van der Waals surface area contributed by atoms with Crippen molar-refractivity contribution in [2.75, 3.05) is 32.1 Å². The van der Waals surface area contributed by atoms with Crippen LogP contribution in [-0.4, -0.2) is 43.1 Å². The molecule has 2 nitrogen and oxygen atoms in total. The maximum atomic E-state index is 5.68. The highest BCUT2D eigenvalue weighted by Crippen LogP contribution is 2.14. The SMILES string of the molecule is CCCCCCCN1CCC(OCCCl)CC1. The number of rotatable bonds is 9. The summed E-state index contributed by atoms with van der Waals surface area (Å²) < 4.78 is 5.68. The molecule has 0 N–H and O–H groups in total. The van der Waals surface area contributed by atoms with Crippen molar-refractivity contribution in [3.8, 4) is 0 Å². The molecule has 3 heteroatoms. The lowest BCUT2D eigenvalue weighted by Gasteiger charge is -2.31. The Labute approximate surface area is 112 Å². The van der Waals surface area contributed by atoms with Crippen LogP contribution in [0.25, 0.3) is 0 Å². The van der Waals surface area contributed by atoms with E-state index in [1.807, 2.05) is 0 Å². The third-order valence-electron chi connectivity index (χ3n) is 3.54. The Hall–Kier alpha value is 0.210. The first kappa shape index (κ1) is 15.3. The van der Waals surface area contributed by atoms with Crippen LogP contribution >= 0.6 is 11.6 Å². The van der Waals surface area contributed by atoms with E-state index in [-0.39, 0.29) is 0 Å². The molecule has 0 bridgehead atoms. The molecule has 1 rings (SSSR count). The predicted molar refractivity (Wildman–Crippen MR) is 74.9 cm³/mol. The molecule has 0 radical (unpaired) electrons. The van der Waals surface area contributed by atoms with Gasteiger partial charge in [0.2, 0.25) is 0 Å². The average Bonchev–Trinajstić information content (AvgIpc) is 2.37. The van der Waals surface area contributed by atoms with Crippen LogP contribution in [0, 0.1) is 0 Å². The number of piperidine rings is 1. The second kappa shape index (κ2) is 10.2. The van der Waals surface area contributed by atoms with Gasteiger partial charge in [0, 0.05) is 19.0 Å². The van der Waals surface area contributed by atoms with Gasteiger partial charge in [0.05, 0.1) is 12.7 Å². The molecule has 0 aromatic rings. The quantitative estimate of drug-likeness (QED) is 0.464. The Morgan fingerprint density at radius 1 is 1.12 bits per heavy atom. The van der Waals surface area contributed by atoms with Gasteiger partial charge in [-0.05, 0) is 25.8 Å². The van der Waals surface area contributed by atoms with Gasteiger partial charge in [0.1, 0.15) is 0 Å². The van der Waals surface area contributed by atoms with Crippen molar-refractivity contribution < 1.29 is 4.74 Å². The molecule has 0 saturated carbocycles. The van der Waals surface area contributed by atoms with E-state index in [4.69, 9.17) is 16.3 Å². The van der Waals surface area contributed by atoms with Gasteiger partial charge < -0.3 is 9.64 Å². The summed E-state index contributed by atoms with van der Waals surface area (Å²) in [7, 11) is 0. The van der Waals surface area contributed by atoms with Gasteiger partial charge in [0.25, 0.3) is 0 Å². The van der Waals surface area contributed by atoms with Crippen LogP contribution in [0.4, 0.5) is 0 Å². The fraction of sp³-hybridized carbons (Fsp3) is 1.00. The number of likely N-dealkylation sites (tertiary alicyclic amines) is 1. The molecule has 1 heterocycles. The van der Waals surface area contributed by atoms with Gasteiger partial charge in [-0.1, -0.05) is 32.6 Å². The Morgan fingerprint density at radius 3 is 2.47 bits per heavy atom. The maximum absolute atomic E-state index is 5.68. The van der Waals surface area contributed by atoms with Gasteiger partial charge in [0.15, 0.2) is 0 Å². The van der Waals surface area contributed by atoms with Crippen molar-refractivity contribution in [1.29, 1.82) is 0 Å². The number of hydrogen-bond donors (Lipinski definition) is 0. The van der Waals surface area contributed by atoms with Crippen LogP contribution in [0.5, 0.6) is 0 Å². The highest BCUT2D eigenvalue weighted by molar-refractivity contribution is 6.17. The lowest BCUT2D eigenvalue weighted by atomic mass is 10.1. The molecule has 1 fully saturated rings. The summed E-state index contributed by atoms with van der Waals surface area (Å²) in [4.78, 5) is 2.59.